The van der Waals surface area contributed by atoms with Gasteiger partial charge in [-0.2, -0.15) is 0 Å². The van der Waals surface area contributed by atoms with E-state index in [0.29, 0.717) is 0 Å². The van der Waals surface area contributed by atoms with Crippen LogP contribution >= 0.6 is 0 Å². The van der Waals surface area contributed by atoms with Crippen LogP contribution in [-0.4, -0.2) is 14.4 Å². The second kappa shape index (κ2) is 4.44. The molecule has 0 unspecified atom stereocenters. The van der Waals surface area contributed by atoms with Crippen molar-refractivity contribution >= 4 is 5.52 Å². The highest BCUT2D eigenvalue weighted by Gasteiger charge is 2.21. The molecule has 1 fully saturated rings. The summed E-state index contributed by atoms with van der Waals surface area (Å²) >= 11 is 0. The monoisotopic (exact) mass is 263 g/mol. The number of benzene rings is 1. The van der Waals surface area contributed by atoms with E-state index in [1.165, 1.54) is 30.4 Å². The Bertz CT molecular complexity index is 752. The minimum atomic E-state index is 0.931. The Morgan fingerprint density at radius 2 is 2.00 bits per heavy atom. The van der Waals surface area contributed by atoms with Gasteiger partial charge < -0.3 is 4.40 Å². The van der Waals surface area contributed by atoms with Gasteiger partial charge >= 0.3 is 0 Å². The summed E-state index contributed by atoms with van der Waals surface area (Å²) in [4.78, 5) is 8.90. The average Bonchev–Trinajstić information content (AvgIpc) is 3.23. The number of imidazole rings is 1. The molecule has 0 saturated heterocycles. The van der Waals surface area contributed by atoms with E-state index in [4.69, 9.17) is 0 Å². The molecule has 1 aromatic carbocycles. The Morgan fingerprint density at radius 1 is 1.20 bits per heavy atom. The zero-order valence-electron chi connectivity index (χ0n) is 11.6. The van der Waals surface area contributed by atoms with Crippen LogP contribution in [0, 0.1) is 12.8 Å². The van der Waals surface area contributed by atoms with Crippen LogP contribution in [-0.2, 0) is 6.42 Å². The molecule has 2 heterocycles. The Kier molecular flexibility index (Phi) is 2.59. The predicted molar refractivity (Wildman–Crippen MR) is 79.6 cm³/mol. The molecule has 3 nitrogen and oxygen atoms in total. The van der Waals surface area contributed by atoms with Gasteiger partial charge in [0.25, 0.3) is 0 Å². The van der Waals surface area contributed by atoms with Crippen molar-refractivity contribution in [1.29, 1.82) is 0 Å². The first kappa shape index (κ1) is 11.6. The van der Waals surface area contributed by atoms with E-state index in [9.17, 15) is 0 Å². The van der Waals surface area contributed by atoms with Crippen molar-refractivity contribution in [3.63, 3.8) is 0 Å². The number of rotatable bonds is 3. The summed E-state index contributed by atoms with van der Waals surface area (Å²) < 4.78 is 2.08. The lowest BCUT2D eigenvalue weighted by atomic mass is 10.0. The zero-order chi connectivity index (χ0) is 13.5. The van der Waals surface area contributed by atoms with Crippen LogP contribution in [0.5, 0.6) is 0 Å². The smallest absolute Gasteiger partial charge is 0.110 e. The minimum absolute atomic E-state index is 0.931. The second-order valence-corrected chi connectivity index (χ2v) is 5.68. The fourth-order valence-corrected chi connectivity index (χ4v) is 2.76. The predicted octanol–water partition coefficient (Wildman–Crippen LogP) is 3.66. The van der Waals surface area contributed by atoms with Crippen molar-refractivity contribution in [3.8, 4) is 11.3 Å². The van der Waals surface area contributed by atoms with Gasteiger partial charge in [-0.1, -0.05) is 24.3 Å². The van der Waals surface area contributed by atoms with Crippen LogP contribution in [0.25, 0.3) is 16.8 Å². The Labute approximate surface area is 118 Å². The van der Waals surface area contributed by atoms with Gasteiger partial charge in [-0.05, 0) is 37.7 Å². The molecule has 4 rings (SSSR count). The lowest BCUT2D eigenvalue weighted by Gasteiger charge is -2.02. The fourth-order valence-electron chi connectivity index (χ4n) is 2.76. The molecule has 0 amide bonds. The van der Waals surface area contributed by atoms with Gasteiger partial charge in [-0.25, -0.2) is 4.98 Å². The SMILES string of the molecule is Cc1nc(-c2ccc(CC3CC3)cc2)c2cnccn12. The maximum absolute atomic E-state index is 4.69. The molecule has 0 bridgehead atoms. The molecular formula is C17H17N3. The Morgan fingerprint density at radius 3 is 2.75 bits per heavy atom. The van der Waals surface area contributed by atoms with Crippen molar-refractivity contribution in [2.24, 2.45) is 5.92 Å². The van der Waals surface area contributed by atoms with Crippen molar-refractivity contribution in [3.05, 3.63) is 54.2 Å². The van der Waals surface area contributed by atoms with E-state index in [1.807, 2.05) is 19.3 Å². The molecule has 1 saturated carbocycles. The second-order valence-electron chi connectivity index (χ2n) is 5.68. The molecule has 1 aliphatic rings. The summed E-state index contributed by atoms with van der Waals surface area (Å²) in [6, 6.07) is 8.86. The third-order valence-corrected chi connectivity index (χ3v) is 4.07. The van der Waals surface area contributed by atoms with E-state index >= 15 is 0 Å². The number of nitrogens with zero attached hydrogens (tertiary/aromatic N) is 3. The van der Waals surface area contributed by atoms with Gasteiger partial charge in [0, 0.05) is 18.0 Å². The van der Waals surface area contributed by atoms with Crippen LogP contribution in [0.1, 0.15) is 24.2 Å². The molecule has 100 valence electrons. The largest absolute Gasteiger partial charge is 0.300 e. The maximum Gasteiger partial charge on any atom is 0.110 e. The van der Waals surface area contributed by atoms with E-state index in [2.05, 4.69) is 38.6 Å². The van der Waals surface area contributed by atoms with Crippen molar-refractivity contribution in [2.75, 3.05) is 0 Å². The lowest BCUT2D eigenvalue weighted by Crippen LogP contribution is -1.88. The van der Waals surface area contributed by atoms with Crippen LogP contribution in [0.15, 0.2) is 42.9 Å². The number of hydrogen-bond acceptors (Lipinski definition) is 2. The van der Waals surface area contributed by atoms with Gasteiger partial charge in [-0.15, -0.1) is 0 Å². The standard InChI is InChI=1S/C17H17N3/c1-12-19-17(16-11-18-8-9-20(12)16)15-6-4-14(5-7-15)10-13-2-3-13/h4-9,11,13H,2-3,10H2,1H3. The molecule has 3 heteroatoms. The third kappa shape index (κ3) is 1.99. The first-order chi connectivity index (χ1) is 9.81. The molecule has 20 heavy (non-hydrogen) atoms. The average molecular weight is 263 g/mol. The zero-order valence-corrected chi connectivity index (χ0v) is 11.6. The highest BCUT2D eigenvalue weighted by atomic mass is 15.0. The highest BCUT2D eigenvalue weighted by molar-refractivity contribution is 5.77. The van der Waals surface area contributed by atoms with Gasteiger partial charge in [0.15, 0.2) is 0 Å². The summed E-state index contributed by atoms with van der Waals surface area (Å²) in [6.07, 6.45) is 9.67. The first-order valence-electron chi connectivity index (χ1n) is 7.19. The molecule has 0 atom stereocenters. The van der Waals surface area contributed by atoms with Gasteiger partial charge in [0.1, 0.15) is 5.82 Å². The summed E-state index contributed by atoms with van der Waals surface area (Å²) in [6.45, 7) is 2.03. The van der Waals surface area contributed by atoms with Crippen molar-refractivity contribution < 1.29 is 0 Å². The number of fused-ring (bicyclic) bond motifs is 1. The molecular weight excluding hydrogens is 246 g/mol. The molecule has 2 aromatic heterocycles. The third-order valence-electron chi connectivity index (χ3n) is 4.07. The maximum atomic E-state index is 4.69. The van der Waals surface area contributed by atoms with E-state index in [-0.39, 0.29) is 0 Å². The van der Waals surface area contributed by atoms with Crippen molar-refractivity contribution in [2.45, 2.75) is 26.2 Å². The molecule has 0 radical (unpaired) electrons. The molecule has 0 aliphatic heterocycles. The lowest BCUT2D eigenvalue weighted by molar-refractivity contribution is 0.832. The van der Waals surface area contributed by atoms with Crippen LogP contribution < -0.4 is 0 Å². The van der Waals surface area contributed by atoms with E-state index < -0.39 is 0 Å². The Hall–Kier alpha value is -2.16. The molecule has 3 aromatic rings. The highest BCUT2D eigenvalue weighted by Crippen LogP contribution is 2.33. The van der Waals surface area contributed by atoms with E-state index in [1.54, 1.807) is 6.20 Å². The van der Waals surface area contributed by atoms with Gasteiger partial charge in [-0.3, -0.25) is 4.98 Å². The van der Waals surface area contributed by atoms with Gasteiger partial charge in [0.05, 0.1) is 17.4 Å². The normalized spacial score (nSPS) is 14.8. The van der Waals surface area contributed by atoms with Crippen molar-refractivity contribution in [1.82, 2.24) is 14.4 Å². The number of hydrogen-bond donors (Lipinski definition) is 0. The van der Waals surface area contributed by atoms with Gasteiger partial charge in [0.2, 0.25) is 0 Å². The summed E-state index contributed by atoms with van der Waals surface area (Å²) in [5.41, 5.74) is 4.70. The quantitative estimate of drug-likeness (QED) is 0.722. The fraction of sp³-hybridized carbons (Fsp3) is 0.294. The molecule has 0 N–H and O–H groups in total. The number of aryl methyl sites for hydroxylation is 1. The topological polar surface area (TPSA) is 30.2 Å². The first-order valence-corrected chi connectivity index (χ1v) is 7.19. The summed E-state index contributed by atoms with van der Waals surface area (Å²) in [7, 11) is 0. The summed E-state index contributed by atoms with van der Waals surface area (Å²) in [5, 5.41) is 0. The van der Waals surface area contributed by atoms with Crippen LogP contribution in [0.3, 0.4) is 0 Å². The Balaban J connectivity index is 1.74. The van der Waals surface area contributed by atoms with Crippen LogP contribution in [0.2, 0.25) is 0 Å². The summed E-state index contributed by atoms with van der Waals surface area (Å²) in [5.74, 6) is 1.93. The minimum Gasteiger partial charge on any atom is -0.300 e. The number of aromatic nitrogens is 3. The van der Waals surface area contributed by atoms with Crippen LogP contribution in [0.4, 0.5) is 0 Å². The molecule has 1 aliphatic carbocycles. The molecule has 0 spiro atoms. The van der Waals surface area contributed by atoms with E-state index in [0.717, 1.165) is 23.0 Å².